The Morgan fingerprint density at radius 1 is 1.16 bits per heavy atom. The number of ether oxygens (including phenoxy) is 2. The number of nitrogens with zero attached hydrogens (tertiary/aromatic N) is 2. The zero-order valence-corrected chi connectivity index (χ0v) is 27.2. The van der Waals surface area contributed by atoms with Gasteiger partial charge in [0.1, 0.15) is 11.4 Å². The summed E-state index contributed by atoms with van der Waals surface area (Å²) in [5, 5.41) is 5.90. The van der Waals surface area contributed by atoms with E-state index in [9.17, 15) is 14.4 Å². The number of amides is 3. The first-order valence-electron chi connectivity index (χ1n) is 15.5. The van der Waals surface area contributed by atoms with Gasteiger partial charge >= 0.3 is 6.09 Å². The van der Waals surface area contributed by atoms with Crippen molar-refractivity contribution in [2.24, 2.45) is 10.9 Å². The molecule has 3 atom stereocenters. The van der Waals surface area contributed by atoms with Gasteiger partial charge in [-0.2, -0.15) is 0 Å². The van der Waals surface area contributed by atoms with Crippen LogP contribution in [0.2, 0.25) is 0 Å². The number of aliphatic imine (C=N–C) groups is 1. The van der Waals surface area contributed by atoms with Crippen LogP contribution in [-0.2, 0) is 20.8 Å². The van der Waals surface area contributed by atoms with Crippen LogP contribution in [0.3, 0.4) is 0 Å². The van der Waals surface area contributed by atoms with E-state index in [0.29, 0.717) is 42.8 Å². The summed E-state index contributed by atoms with van der Waals surface area (Å²) in [6.07, 6.45) is 9.95. The van der Waals surface area contributed by atoms with Gasteiger partial charge in [0.15, 0.2) is 0 Å². The molecule has 1 aromatic rings. The molecule has 0 fully saturated rings. The quantitative estimate of drug-likeness (QED) is 0.238. The van der Waals surface area contributed by atoms with Crippen molar-refractivity contribution in [3.05, 3.63) is 97.3 Å². The van der Waals surface area contributed by atoms with E-state index in [4.69, 9.17) is 14.5 Å². The molecule has 0 saturated heterocycles. The molecule has 3 rings (SSSR count). The van der Waals surface area contributed by atoms with E-state index < -0.39 is 17.2 Å². The van der Waals surface area contributed by atoms with Crippen molar-refractivity contribution in [2.45, 2.75) is 89.9 Å². The van der Waals surface area contributed by atoms with Gasteiger partial charge in [-0.15, -0.1) is 13.2 Å². The highest BCUT2D eigenvalue weighted by Crippen LogP contribution is 2.33. The Labute approximate surface area is 267 Å². The van der Waals surface area contributed by atoms with Crippen molar-refractivity contribution in [1.82, 2.24) is 15.5 Å². The third kappa shape index (κ3) is 9.30. The fraction of sp³-hybridized carbons (Fsp3) is 0.444. The van der Waals surface area contributed by atoms with Crippen molar-refractivity contribution in [2.75, 3.05) is 6.61 Å². The zero-order chi connectivity index (χ0) is 33.2. The van der Waals surface area contributed by atoms with Gasteiger partial charge in [-0.1, -0.05) is 50.4 Å². The Balaban J connectivity index is 1.90. The normalized spacial score (nSPS) is 21.6. The predicted molar refractivity (Wildman–Crippen MR) is 178 cm³/mol. The van der Waals surface area contributed by atoms with Crippen LogP contribution >= 0.6 is 0 Å². The summed E-state index contributed by atoms with van der Waals surface area (Å²) < 4.78 is 11.4. The van der Waals surface area contributed by atoms with Crippen LogP contribution in [0, 0.1) is 5.92 Å². The summed E-state index contributed by atoms with van der Waals surface area (Å²) >= 11 is 0. The first-order chi connectivity index (χ1) is 21.4. The van der Waals surface area contributed by atoms with Gasteiger partial charge in [0, 0.05) is 17.1 Å². The monoisotopic (exact) mass is 616 g/mol. The van der Waals surface area contributed by atoms with Gasteiger partial charge in [-0.25, -0.2) is 9.79 Å². The smallest absolute Gasteiger partial charge is 0.414 e. The molecule has 3 unspecified atom stereocenters. The van der Waals surface area contributed by atoms with Crippen molar-refractivity contribution in [3.8, 4) is 0 Å². The van der Waals surface area contributed by atoms with Crippen LogP contribution in [-0.4, -0.2) is 52.6 Å². The molecule has 0 aromatic heterocycles. The first-order valence-corrected chi connectivity index (χ1v) is 15.5. The van der Waals surface area contributed by atoms with E-state index in [1.165, 1.54) is 4.90 Å². The number of nitrogens with one attached hydrogen (secondary N) is 2. The summed E-state index contributed by atoms with van der Waals surface area (Å²) in [4.78, 5) is 46.4. The van der Waals surface area contributed by atoms with Crippen molar-refractivity contribution >= 4 is 23.9 Å². The van der Waals surface area contributed by atoms with Gasteiger partial charge in [-0.05, 0) is 76.6 Å². The lowest BCUT2D eigenvalue weighted by molar-refractivity contribution is -0.130. The van der Waals surface area contributed by atoms with Crippen molar-refractivity contribution in [1.29, 1.82) is 0 Å². The fourth-order valence-corrected chi connectivity index (χ4v) is 5.55. The summed E-state index contributed by atoms with van der Waals surface area (Å²) in [6, 6.07) is 6.76. The molecule has 0 spiro atoms. The molecule has 45 heavy (non-hydrogen) atoms. The number of carbonyl (C=O) groups excluding carboxylic acids is 3. The van der Waals surface area contributed by atoms with Crippen LogP contribution in [0.1, 0.15) is 82.1 Å². The maximum Gasteiger partial charge on any atom is 0.414 e. The lowest BCUT2D eigenvalue weighted by Crippen LogP contribution is -2.54. The molecule has 2 heterocycles. The molecule has 0 bridgehead atoms. The maximum absolute atomic E-state index is 13.7. The second-order valence-electron chi connectivity index (χ2n) is 12.4. The minimum atomic E-state index is -0.733. The van der Waals surface area contributed by atoms with E-state index >= 15 is 0 Å². The van der Waals surface area contributed by atoms with E-state index in [1.807, 2.05) is 19.1 Å². The van der Waals surface area contributed by atoms with Crippen LogP contribution in [0.4, 0.5) is 4.79 Å². The van der Waals surface area contributed by atoms with Crippen LogP contribution in [0.25, 0.3) is 0 Å². The second-order valence-corrected chi connectivity index (χ2v) is 12.4. The van der Waals surface area contributed by atoms with Gasteiger partial charge in [0.2, 0.25) is 11.9 Å². The second kappa shape index (κ2) is 15.5. The minimum Gasteiger partial charge on any atom is -0.493 e. The molecule has 2 N–H and O–H groups in total. The molecular formula is C36H48N4O5. The highest BCUT2D eigenvalue weighted by atomic mass is 16.6. The van der Waals surface area contributed by atoms with E-state index in [-0.39, 0.29) is 42.7 Å². The van der Waals surface area contributed by atoms with Crippen LogP contribution in [0.15, 0.2) is 91.2 Å². The lowest BCUT2D eigenvalue weighted by Gasteiger charge is -2.38. The molecule has 9 heteroatoms. The van der Waals surface area contributed by atoms with Gasteiger partial charge in [0.25, 0.3) is 5.91 Å². The van der Waals surface area contributed by atoms with Gasteiger partial charge in [0.05, 0.1) is 31.2 Å². The molecule has 0 aliphatic carbocycles. The molecule has 2 aliphatic heterocycles. The Hall–Kier alpha value is -4.40. The van der Waals surface area contributed by atoms with E-state index in [0.717, 1.165) is 18.4 Å². The Kier molecular flexibility index (Phi) is 12.1. The SMILES string of the molecule is C=CCCC1COC(C=C)=C(C=C)C1NC(=O)c1cccc(CN2C(=O)CC(CC)(CCC=C)N=C2NC(=O)OC(C)(C)C)c1. The molecule has 3 amide bonds. The Morgan fingerprint density at radius 3 is 2.51 bits per heavy atom. The Bertz CT molecular complexity index is 1370. The minimum absolute atomic E-state index is 0.0235. The molecule has 0 radical (unpaired) electrons. The van der Waals surface area contributed by atoms with Crippen molar-refractivity contribution < 1.29 is 23.9 Å². The first kappa shape index (κ1) is 35.1. The summed E-state index contributed by atoms with van der Waals surface area (Å²) in [7, 11) is 0. The molecular weight excluding hydrogens is 568 g/mol. The largest absolute Gasteiger partial charge is 0.493 e. The molecule has 9 nitrogen and oxygen atoms in total. The average molecular weight is 617 g/mol. The number of hydrogen-bond donors (Lipinski definition) is 2. The fourth-order valence-electron chi connectivity index (χ4n) is 5.55. The van der Waals surface area contributed by atoms with Crippen LogP contribution < -0.4 is 10.6 Å². The predicted octanol–water partition coefficient (Wildman–Crippen LogP) is 6.75. The number of hydrogen-bond acceptors (Lipinski definition) is 6. The third-order valence-electron chi connectivity index (χ3n) is 7.97. The molecule has 242 valence electrons. The number of benzene rings is 1. The van der Waals surface area contributed by atoms with Gasteiger partial charge < -0.3 is 14.8 Å². The van der Waals surface area contributed by atoms with Gasteiger partial charge in [-0.3, -0.25) is 19.8 Å². The number of carbonyl (C=O) groups is 3. The van der Waals surface area contributed by atoms with E-state index in [1.54, 1.807) is 57.2 Å². The summed E-state index contributed by atoms with van der Waals surface area (Å²) in [6.45, 7) is 23.3. The van der Waals surface area contributed by atoms with Crippen LogP contribution in [0.5, 0.6) is 0 Å². The van der Waals surface area contributed by atoms with Crippen molar-refractivity contribution in [3.63, 3.8) is 0 Å². The number of rotatable bonds is 13. The highest BCUT2D eigenvalue weighted by Gasteiger charge is 2.40. The number of guanidine groups is 1. The summed E-state index contributed by atoms with van der Waals surface area (Å²) in [5.41, 5.74) is 0.509. The third-order valence-corrected chi connectivity index (χ3v) is 7.97. The number of allylic oxidation sites excluding steroid dienone is 3. The van der Waals surface area contributed by atoms with E-state index in [2.05, 4.69) is 36.9 Å². The average Bonchev–Trinajstić information content (AvgIpc) is 3.00. The molecule has 1 aromatic carbocycles. The standard InChI is InChI=1S/C36H48N4O5/c1-9-14-18-27-24-44-29(12-4)28(11-3)31(27)37-32(42)26-19-16-17-25(21-26)23-40-30(41)22-36(13-5,20-15-10-2)39-33(40)38-34(43)45-35(6,7)8/h9-12,16-17,19,21,27,31H,1-4,13-15,18,20,22-24H2,5-8H3,(H,37,42)(H,38,39,43). The lowest BCUT2D eigenvalue weighted by atomic mass is 9.86. The highest BCUT2D eigenvalue weighted by molar-refractivity contribution is 6.05. The maximum atomic E-state index is 13.7. The summed E-state index contributed by atoms with van der Waals surface area (Å²) in [5.74, 6) is 0.307. The Morgan fingerprint density at radius 2 is 1.89 bits per heavy atom. The topological polar surface area (TPSA) is 109 Å². The number of alkyl carbamates (subject to hydrolysis) is 1. The molecule has 0 saturated carbocycles. The zero-order valence-electron chi connectivity index (χ0n) is 27.2. The molecule has 2 aliphatic rings.